The predicted molar refractivity (Wildman–Crippen MR) is 85.2 cm³/mol. The van der Waals surface area contributed by atoms with E-state index in [1.54, 1.807) is 0 Å². The van der Waals surface area contributed by atoms with Crippen molar-refractivity contribution < 1.29 is 9.84 Å². The molecule has 1 unspecified atom stereocenters. The fourth-order valence-electron chi connectivity index (χ4n) is 1.98. The van der Waals surface area contributed by atoms with Gasteiger partial charge in [0.05, 0.1) is 19.3 Å². The molecule has 0 amide bonds. The normalized spacial score (nSPS) is 11.9. The van der Waals surface area contributed by atoms with E-state index in [9.17, 15) is 5.11 Å². The molecule has 0 aliphatic heterocycles. The summed E-state index contributed by atoms with van der Waals surface area (Å²) in [6.45, 7) is 2.64. The molecule has 2 rings (SSSR count). The highest BCUT2D eigenvalue weighted by molar-refractivity contribution is 9.10. The maximum absolute atomic E-state index is 9.58. The van der Waals surface area contributed by atoms with Crippen LogP contribution < -0.4 is 10.1 Å². The summed E-state index contributed by atoms with van der Waals surface area (Å²) in [5.74, 6) is 0.843. The molecular formula is C16H18BrNO2. The zero-order chi connectivity index (χ0) is 14.4. The van der Waals surface area contributed by atoms with Crippen LogP contribution in [0.4, 0.5) is 5.69 Å². The smallest absolute Gasteiger partial charge is 0.119 e. The summed E-state index contributed by atoms with van der Waals surface area (Å²) in [6.07, 6.45) is 0. The van der Waals surface area contributed by atoms with E-state index in [1.807, 2.05) is 55.5 Å². The van der Waals surface area contributed by atoms with E-state index in [-0.39, 0.29) is 12.6 Å². The summed E-state index contributed by atoms with van der Waals surface area (Å²) in [7, 11) is 0. The molecule has 0 bridgehead atoms. The van der Waals surface area contributed by atoms with Gasteiger partial charge in [-0.15, -0.1) is 0 Å². The van der Waals surface area contributed by atoms with Gasteiger partial charge in [0.15, 0.2) is 0 Å². The number of rotatable bonds is 6. The SMILES string of the molecule is CCOc1ccc(C(CO)Nc2cccc(Br)c2)cc1. The average Bonchev–Trinajstić information content (AvgIpc) is 2.46. The van der Waals surface area contributed by atoms with E-state index in [0.29, 0.717) is 6.61 Å². The first kappa shape index (κ1) is 14.9. The van der Waals surface area contributed by atoms with Crippen LogP contribution in [0, 0.1) is 0 Å². The second-order valence-corrected chi connectivity index (χ2v) is 5.31. The molecule has 0 heterocycles. The van der Waals surface area contributed by atoms with E-state index in [4.69, 9.17) is 4.74 Å². The fraction of sp³-hybridized carbons (Fsp3) is 0.250. The highest BCUT2D eigenvalue weighted by atomic mass is 79.9. The maximum Gasteiger partial charge on any atom is 0.119 e. The quantitative estimate of drug-likeness (QED) is 0.838. The van der Waals surface area contributed by atoms with E-state index >= 15 is 0 Å². The largest absolute Gasteiger partial charge is 0.494 e. The van der Waals surface area contributed by atoms with Crippen molar-refractivity contribution in [2.24, 2.45) is 0 Å². The number of benzene rings is 2. The van der Waals surface area contributed by atoms with Gasteiger partial charge in [-0.1, -0.05) is 34.1 Å². The van der Waals surface area contributed by atoms with Gasteiger partial charge in [-0.05, 0) is 42.8 Å². The number of aliphatic hydroxyl groups is 1. The molecule has 0 spiro atoms. The summed E-state index contributed by atoms with van der Waals surface area (Å²) in [6, 6.07) is 15.5. The van der Waals surface area contributed by atoms with Crippen molar-refractivity contribution in [2.75, 3.05) is 18.5 Å². The van der Waals surface area contributed by atoms with Gasteiger partial charge < -0.3 is 15.2 Å². The topological polar surface area (TPSA) is 41.5 Å². The summed E-state index contributed by atoms with van der Waals surface area (Å²) in [5.41, 5.74) is 1.99. The van der Waals surface area contributed by atoms with Gasteiger partial charge in [-0.2, -0.15) is 0 Å². The molecule has 0 aliphatic rings. The van der Waals surface area contributed by atoms with Gasteiger partial charge in [0.25, 0.3) is 0 Å². The van der Waals surface area contributed by atoms with Crippen molar-refractivity contribution in [1.29, 1.82) is 0 Å². The summed E-state index contributed by atoms with van der Waals surface area (Å²) >= 11 is 3.44. The number of hydrogen-bond acceptors (Lipinski definition) is 3. The number of nitrogens with one attached hydrogen (secondary N) is 1. The monoisotopic (exact) mass is 335 g/mol. The molecule has 0 fully saturated rings. The van der Waals surface area contributed by atoms with E-state index in [1.165, 1.54) is 0 Å². The van der Waals surface area contributed by atoms with Crippen molar-refractivity contribution >= 4 is 21.6 Å². The minimum Gasteiger partial charge on any atom is -0.494 e. The first-order valence-electron chi connectivity index (χ1n) is 6.58. The zero-order valence-electron chi connectivity index (χ0n) is 11.3. The molecule has 0 saturated carbocycles. The summed E-state index contributed by atoms with van der Waals surface area (Å²) < 4.78 is 6.42. The Bertz CT molecular complexity index is 542. The van der Waals surface area contributed by atoms with Crippen LogP contribution in [0.25, 0.3) is 0 Å². The van der Waals surface area contributed by atoms with Crippen molar-refractivity contribution in [3.8, 4) is 5.75 Å². The average molecular weight is 336 g/mol. The van der Waals surface area contributed by atoms with Crippen LogP contribution in [0.5, 0.6) is 5.75 Å². The molecule has 0 saturated heterocycles. The first-order valence-corrected chi connectivity index (χ1v) is 7.38. The molecule has 20 heavy (non-hydrogen) atoms. The van der Waals surface area contributed by atoms with Gasteiger partial charge >= 0.3 is 0 Å². The Labute approximate surface area is 127 Å². The molecule has 106 valence electrons. The highest BCUT2D eigenvalue weighted by Crippen LogP contribution is 2.23. The van der Waals surface area contributed by atoms with Crippen molar-refractivity contribution in [3.05, 3.63) is 58.6 Å². The molecule has 2 aromatic rings. The third kappa shape index (κ3) is 3.99. The molecule has 0 aromatic heterocycles. The van der Waals surface area contributed by atoms with Crippen molar-refractivity contribution in [2.45, 2.75) is 13.0 Å². The third-order valence-corrected chi connectivity index (χ3v) is 3.43. The van der Waals surface area contributed by atoms with E-state index in [2.05, 4.69) is 21.2 Å². The Morgan fingerprint density at radius 2 is 1.95 bits per heavy atom. The lowest BCUT2D eigenvalue weighted by Crippen LogP contribution is -2.14. The van der Waals surface area contributed by atoms with Crippen LogP contribution in [0.3, 0.4) is 0 Å². The van der Waals surface area contributed by atoms with Gasteiger partial charge in [-0.3, -0.25) is 0 Å². The third-order valence-electron chi connectivity index (χ3n) is 2.94. The van der Waals surface area contributed by atoms with Crippen LogP contribution in [0.2, 0.25) is 0 Å². The van der Waals surface area contributed by atoms with Gasteiger partial charge in [0, 0.05) is 10.2 Å². The molecule has 3 nitrogen and oxygen atoms in total. The number of hydrogen-bond donors (Lipinski definition) is 2. The van der Waals surface area contributed by atoms with Crippen LogP contribution in [0.1, 0.15) is 18.5 Å². The second kappa shape index (κ2) is 7.31. The van der Waals surface area contributed by atoms with E-state index < -0.39 is 0 Å². The van der Waals surface area contributed by atoms with Gasteiger partial charge in [0.2, 0.25) is 0 Å². The molecule has 0 aliphatic carbocycles. The highest BCUT2D eigenvalue weighted by Gasteiger charge is 2.10. The molecule has 2 N–H and O–H groups in total. The Kier molecular flexibility index (Phi) is 5.44. The standard InChI is InChI=1S/C16H18BrNO2/c1-2-20-15-8-6-12(7-9-15)16(11-19)18-14-5-3-4-13(17)10-14/h3-10,16,18-19H,2,11H2,1H3. The molecule has 4 heteroatoms. The van der Waals surface area contributed by atoms with Crippen LogP contribution in [-0.2, 0) is 0 Å². The lowest BCUT2D eigenvalue weighted by molar-refractivity contribution is 0.276. The zero-order valence-corrected chi connectivity index (χ0v) is 12.9. The van der Waals surface area contributed by atoms with Gasteiger partial charge in [0.1, 0.15) is 5.75 Å². The molecule has 1 atom stereocenters. The summed E-state index contributed by atoms with van der Waals surface area (Å²) in [5, 5.41) is 12.9. The second-order valence-electron chi connectivity index (χ2n) is 4.39. The number of ether oxygens (including phenoxy) is 1. The predicted octanol–water partition coefficient (Wildman–Crippen LogP) is 3.99. The lowest BCUT2D eigenvalue weighted by Gasteiger charge is -2.18. The first-order chi connectivity index (χ1) is 9.72. The lowest BCUT2D eigenvalue weighted by atomic mass is 10.1. The molecule has 2 aromatic carbocycles. The Hall–Kier alpha value is -1.52. The minimum atomic E-state index is -0.139. The number of aliphatic hydroxyl groups excluding tert-OH is 1. The van der Waals surface area contributed by atoms with E-state index in [0.717, 1.165) is 21.5 Å². The Morgan fingerprint density at radius 3 is 2.55 bits per heavy atom. The molecule has 0 radical (unpaired) electrons. The van der Waals surface area contributed by atoms with Crippen molar-refractivity contribution in [1.82, 2.24) is 0 Å². The van der Waals surface area contributed by atoms with Crippen LogP contribution >= 0.6 is 15.9 Å². The number of anilines is 1. The molecular weight excluding hydrogens is 318 g/mol. The van der Waals surface area contributed by atoms with Gasteiger partial charge in [-0.25, -0.2) is 0 Å². The summed E-state index contributed by atoms with van der Waals surface area (Å²) in [4.78, 5) is 0. The Morgan fingerprint density at radius 1 is 1.20 bits per heavy atom. The minimum absolute atomic E-state index is 0.0283. The number of halogens is 1. The van der Waals surface area contributed by atoms with Crippen LogP contribution in [0.15, 0.2) is 53.0 Å². The van der Waals surface area contributed by atoms with Crippen LogP contribution in [-0.4, -0.2) is 18.3 Å². The van der Waals surface area contributed by atoms with Crippen molar-refractivity contribution in [3.63, 3.8) is 0 Å². The Balaban J connectivity index is 2.11. The maximum atomic E-state index is 9.58. The fourth-order valence-corrected chi connectivity index (χ4v) is 2.38.